The van der Waals surface area contributed by atoms with Crippen molar-refractivity contribution >= 4 is 62.2 Å². The van der Waals surface area contributed by atoms with Crippen molar-refractivity contribution < 1.29 is 31.1 Å². The van der Waals surface area contributed by atoms with Crippen molar-refractivity contribution in [2.24, 2.45) is 0 Å². The molecule has 180 valence electrons. The summed E-state index contributed by atoms with van der Waals surface area (Å²) < 4.78 is 67.7. The van der Waals surface area contributed by atoms with Gasteiger partial charge in [-0.25, -0.2) is 27.9 Å². The lowest BCUT2D eigenvalue weighted by Crippen LogP contribution is -2.28. The Morgan fingerprint density at radius 1 is 0.971 bits per heavy atom. The van der Waals surface area contributed by atoms with E-state index in [0.717, 1.165) is 0 Å². The van der Waals surface area contributed by atoms with E-state index in [4.69, 9.17) is 23.2 Å². The molecule has 0 atom stereocenters. The molecule has 0 saturated heterocycles. The Morgan fingerprint density at radius 3 is 2.12 bits per heavy atom. The monoisotopic (exact) mass is 535 g/mol. The highest BCUT2D eigenvalue weighted by atomic mass is 35.5. The minimum absolute atomic E-state index is 0.0444. The van der Waals surface area contributed by atoms with Gasteiger partial charge in [-0.1, -0.05) is 29.3 Å². The first-order valence-corrected chi connectivity index (χ1v) is 11.3. The third-order valence-corrected chi connectivity index (χ3v) is 6.02. The zero-order chi connectivity index (χ0) is 25.1. The number of carbonyl (C=O) groups is 1. The van der Waals surface area contributed by atoms with E-state index in [1.54, 1.807) is 12.1 Å². The molecule has 0 unspecified atom stereocenters. The van der Waals surface area contributed by atoms with Crippen molar-refractivity contribution in [2.45, 2.75) is 11.1 Å². The van der Waals surface area contributed by atoms with Crippen molar-refractivity contribution in [3.8, 4) is 5.75 Å². The van der Waals surface area contributed by atoms with Gasteiger partial charge in [0, 0.05) is 17.4 Å². The summed E-state index contributed by atoms with van der Waals surface area (Å²) in [6, 6.07) is 9.85. The molecular formula is C19H14Cl2F3N5O4S. The second-order valence-corrected chi connectivity index (χ2v) is 9.13. The van der Waals surface area contributed by atoms with Gasteiger partial charge in [0.2, 0.25) is 10.0 Å². The van der Waals surface area contributed by atoms with E-state index in [-0.39, 0.29) is 26.4 Å². The summed E-state index contributed by atoms with van der Waals surface area (Å²) in [6.07, 6.45) is -4.01. The first-order chi connectivity index (χ1) is 15.9. The molecule has 0 amide bonds. The fraction of sp³-hybridized carbons (Fsp3) is 0.105. The Balaban J connectivity index is 1.79. The number of hydrogen-bond acceptors (Lipinski definition) is 8. The molecule has 0 aliphatic heterocycles. The Bertz CT molecular complexity index is 1320. The van der Waals surface area contributed by atoms with Crippen LogP contribution < -0.4 is 20.1 Å². The van der Waals surface area contributed by atoms with Crippen LogP contribution in [-0.4, -0.2) is 37.6 Å². The molecule has 0 aliphatic rings. The molecule has 0 radical (unpaired) electrons. The number of anilines is 4. The highest BCUT2D eigenvalue weighted by Crippen LogP contribution is 2.38. The molecule has 0 fully saturated rings. The molecule has 2 aromatic carbocycles. The summed E-state index contributed by atoms with van der Waals surface area (Å²) >= 11 is 11.9. The van der Waals surface area contributed by atoms with Crippen LogP contribution in [-0.2, 0) is 14.8 Å². The van der Waals surface area contributed by atoms with E-state index in [0.29, 0.717) is 11.5 Å². The second kappa shape index (κ2) is 10.0. The van der Waals surface area contributed by atoms with E-state index < -0.39 is 27.9 Å². The number of hydrogen-bond donors (Lipinski definition) is 3. The molecular weight excluding hydrogens is 522 g/mol. The highest BCUT2D eigenvalue weighted by molar-refractivity contribution is 7.89. The molecule has 0 aliphatic carbocycles. The van der Waals surface area contributed by atoms with E-state index in [2.05, 4.69) is 30.1 Å². The van der Waals surface area contributed by atoms with Gasteiger partial charge in [-0.05, 0) is 37.4 Å². The van der Waals surface area contributed by atoms with Crippen LogP contribution in [0.25, 0.3) is 0 Å². The first-order valence-electron chi connectivity index (χ1n) is 9.07. The van der Waals surface area contributed by atoms with Gasteiger partial charge < -0.3 is 15.4 Å². The van der Waals surface area contributed by atoms with Gasteiger partial charge in [-0.2, -0.15) is 13.2 Å². The standard InChI is InChI=1S/C19H14Cl2F3N5O4S/c1-25-34(31,32)12-4-2-3-10(5-12)28-15-8-16(27-9-26-15)29-11-6-13(20)17(14(21)7-11)33-18(30)19(22,23)24/h2-9,25H,1H3,(H2,26,27,28,29). The molecule has 0 saturated carbocycles. The largest absolute Gasteiger partial charge is 0.491 e. The van der Waals surface area contributed by atoms with Crippen LogP contribution in [0.15, 0.2) is 53.7 Å². The number of nitrogens with one attached hydrogen (secondary N) is 3. The summed E-state index contributed by atoms with van der Waals surface area (Å²) in [6.45, 7) is 0. The molecule has 1 aromatic heterocycles. The third-order valence-electron chi connectivity index (χ3n) is 4.05. The van der Waals surface area contributed by atoms with Crippen LogP contribution in [0.2, 0.25) is 10.0 Å². The highest BCUT2D eigenvalue weighted by Gasteiger charge is 2.42. The van der Waals surface area contributed by atoms with Crippen LogP contribution >= 0.6 is 23.2 Å². The summed E-state index contributed by atoms with van der Waals surface area (Å²) in [7, 11) is -2.35. The quantitative estimate of drug-likeness (QED) is 0.295. The van der Waals surface area contributed by atoms with Crippen molar-refractivity contribution in [3.63, 3.8) is 0 Å². The predicted molar refractivity (Wildman–Crippen MR) is 119 cm³/mol. The average molecular weight is 536 g/mol. The van der Waals surface area contributed by atoms with Gasteiger partial charge in [0.1, 0.15) is 18.0 Å². The van der Waals surface area contributed by atoms with E-state index in [1.165, 1.54) is 43.7 Å². The second-order valence-electron chi connectivity index (χ2n) is 6.43. The van der Waals surface area contributed by atoms with Gasteiger partial charge in [-0.15, -0.1) is 0 Å². The maximum atomic E-state index is 12.4. The molecule has 9 nitrogen and oxygen atoms in total. The SMILES string of the molecule is CNS(=O)(=O)c1cccc(Nc2cc(Nc3cc(Cl)c(OC(=O)C(F)(F)F)c(Cl)c3)ncn2)c1. The van der Waals surface area contributed by atoms with Crippen LogP contribution in [0, 0.1) is 0 Å². The molecule has 3 aromatic rings. The molecule has 0 spiro atoms. The lowest BCUT2D eigenvalue weighted by molar-refractivity contribution is -0.189. The minimum atomic E-state index is -5.22. The van der Waals surface area contributed by atoms with Crippen molar-refractivity contribution in [1.29, 1.82) is 0 Å². The van der Waals surface area contributed by atoms with Crippen LogP contribution in [0.4, 0.5) is 36.2 Å². The Labute approximate surface area is 201 Å². The fourth-order valence-corrected chi connectivity index (χ4v) is 3.87. The van der Waals surface area contributed by atoms with E-state index in [9.17, 15) is 26.4 Å². The summed E-state index contributed by atoms with van der Waals surface area (Å²) in [5, 5.41) is 5.08. The lowest BCUT2D eigenvalue weighted by Gasteiger charge is -2.13. The Kier molecular flexibility index (Phi) is 7.51. The molecule has 1 heterocycles. The number of halogens is 5. The van der Waals surface area contributed by atoms with Gasteiger partial charge in [-0.3, -0.25) is 0 Å². The van der Waals surface area contributed by atoms with Crippen LogP contribution in [0.1, 0.15) is 0 Å². The Morgan fingerprint density at radius 2 is 1.56 bits per heavy atom. The molecule has 34 heavy (non-hydrogen) atoms. The summed E-state index contributed by atoms with van der Waals surface area (Å²) in [5.41, 5.74) is 0.663. The number of sulfonamides is 1. The molecule has 15 heteroatoms. The van der Waals surface area contributed by atoms with E-state index >= 15 is 0 Å². The van der Waals surface area contributed by atoms with Gasteiger partial charge in [0.15, 0.2) is 5.75 Å². The Hall–Kier alpha value is -3.13. The zero-order valence-electron chi connectivity index (χ0n) is 16.9. The average Bonchev–Trinajstić information content (AvgIpc) is 2.76. The van der Waals surface area contributed by atoms with Crippen molar-refractivity contribution in [3.05, 3.63) is 58.8 Å². The van der Waals surface area contributed by atoms with Crippen LogP contribution in [0.3, 0.4) is 0 Å². The summed E-state index contributed by atoms with van der Waals surface area (Å²) in [5.74, 6) is -2.57. The topological polar surface area (TPSA) is 122 Å². The smallest absolute Gasteiger partial charge is 0.417 e. The summed E-state index contributed by atoms with van der Waals surface area (Å²) in [4.78, 5) is 19.2. The van der Waals surface area contributed by atoms with Crippen LogP contribution in [0.5, 0.6) is 5.75 Å². The number of ether oxygens (including phenoxy) is 1. The molecule has 0 bridgehead atoms. The number of benzene rings is 2. The maximum Gasteiger partial charge on any atom is 0.491 e. The number of alkyl halides is 3. The van der Waals surface area contributed by atoms with Gasteiger partial charge in [0.25, 0.3) is 0 Å². The lowest BCUT2D eigenvalue weighted by atomic mass is 10.3. The number of rotatable bonds is 7. The van der Waals surface area contributed by atoms with Crippen molar-refractivity contribution in [2.75, 3.05) is 17.7 Å². The normalized spacial score (nSPS) is 11.7. The minimum Gasteiger partial charge on any atom is -0.417 e. The number of carbonyl (C=O) groups excluding carboxylic acids is 1. The van der Waals surface area contributed by atoms with Crippen molar-refractivity contribution in [1.82, 2.24) is 14.7 Å². The fourth-order valence-electron chi connectivity index (χ4n) is 2.53. The number of nitrogens with zero attached hydrogens (tertiary/aromatic N) is 2. The number of esters is 1. The van der Waals surface area contributed by atoms with Gasteiger partial charge in [0.05, 0.1) is 14.9 Å². The predicted octanol–water partition coefficient (Wildman–Crippen LogP) is 4.65. The zero-order valence-corrected chi connectivity index (χ0v) is 19.3. The molecule has 3 rings (SSSR count). The number of aromatic nitrogens is 2. The van der Waals surface area contributed by atoms with Gasteiger partial charge >= 0.3 is 12.1 Å². The first kappa shape index (κ1) is 25.5. The third kappa shape index (κ3) is 6.26. The van der Waals surface area contributed by atoms with E-state index in [1.807, 2.05) is 0 Å². The maximum absolute atomic E-state index is 12.4. The molecule has 3 N–H and O–H groups in total.